The summed E-state index contributed by atoms with van der Waals surface area (Å²) in [7, 11) is 0. The zero-order valence-electron chi connectivity index (χ0n) is 18.9. The van der Waals surface area contributed by atoms with Crippen molar-refractivity contribution in [2.24, 2.45) is 46.3 Å². The predicted molar refractivity (Wildman–Crippen MR) is 115 cm³/mol. The van der Waals surface area contributed by atoms with Crippen molar-refractivity contribution in [3.63, 3.8) is 0 Å². The number of hydrogen-bond donors (Lipinski definition) is 0. The first-order valence-corrected chi connectivity index (χ1v) is 12.2. The van der Waals surface area contributed by atoms with Crippen molar-refractivity contribution in [3.05, 3.63) is 12.2 Å². The van der Waals surface area contributed by atoms with Gasteiger partial charge >= 0.3 is 5.97 Å². The maximum atomic E-state index is 12.1. The van der Waals surface area contributed by atoms with Gasteiger partial charge in [0.05, 0.1) is 6.61 Å². The molecule has 0 N–H and O–H groups in total. The third-order valence-corrected chi connectivity index (χ3v) is 10.0. The first kappa shape index (κ1) is 21.1. The molecular weight excluding hydrogens is 360 g/mol. The molecule has 0 amide bonds. The SMILES string of the molecule is CCOC(=O)C=C[C@@H](C)[C@H]1CC[C@H]2[C@@H]3CCC4CC(=O)CC[C@]4(C)[C@H]3CC[C@]12C. The van der Waals surface area contributed by atoms with E-state index in [0.717, 1.165) is 37.0 Å². The first-order valence-electron chi connectivity index (χ1n) is 12.2. The summed E-state index contributed by atoms with van der Waals surface area (Å²) in [5.74, 6) is 4.50. The third-order valence-electron chi connectivity index (χ3n) is 10.0. The summed E-state index contributed by atoms with van der Waals surface area (Å²) in [6.45, 7) is 9.67. The Hall–Kier alpha value is -1.12. The topological polar surface area (TPSA) is 43.4 Å². The highest BCUT2D eigenvalue weighted by molar-refractivity contribution is 5.81. The van der Waals surface area contributed by atoms with Crippen LogP contribution in [0.2, 0.25) is 0 Å². The van der Waals surface area contributed by atoms with Crippen LogP contribution in [0.4, 0.5) is 0 Å². The van der Waals surface area contributed by atoms with Gasteiger partial charge in [-0.25, -0.2) is 4.79 Å². The number of Topliss-reactive ketones (excluding diaryl/α,β-unsaturated/α-hetero) is 1. The lowest BCUT2D eigenvalue weighted by atomic mass is 9.44. The van der Waals surface area contributed by atoms with Crippen LogP contribution in [0.5, 0.6) is 0 Å². The van der Waals surface area contributed by atoms with Gasteiger partial charge in [0.25, 0.3) is 0 Å². The van der Waals surface area contributed by atoms with E-state index in [2.05, 4.69) is 26.8 Å². The quantitative estimate of drug-likeness (QED) is 0.431. The number of ketones is 1. The Bertz CT molecular complexity index is 681. The fourth-order valence-electron chi connectivity index (χ4n) is 8.50. The summed E-state index contributed by atoms with van der Waals surface area (Å²) in [5, 5.41) is 0. The van der Waals surface area contributed by atoms with E-state index >= 15 is 0 Å². The van der Waals surface area contributed by atoms with Gasteiger partial charge in [0.1, 0.15) is 5.78 Å². The molecule has 4 rings (SSSR count). The van der Waals surface area contributed by atoms with E-state index in [1.54, 1.807) is 6.08 Å². The van der Waals surface area contributed by atoms with Gasteiger partial charge in [0.15, 0.2) is 0 Å². The Morgan fingerprint density at radius 3 is 2.62 bits per heavy atom. The van der Waals surface area contributed by atoms with Gasteiger partial charge in [0, 0.05) is 18.9 Å². The molecule has 3 nitrogen and oxygen atoms in total. The number of fused-ring (bicyclic) bond motifs is 5. The molecule has 0 saturated heterocycles. The molecule has 3 heteroatoms. The highest BCUT2D eigenvalue weighted by Gasteiger charge is 2.60. The van der Waals surface area contributed by atoms with Gasteiger partial charge in [-0.05, 0) is 98.2 Å². The van der Waals surface area contributed by atoms with E-state index in [9.17, 15) is 9.59 Å². The summed E-state index contributed by atoms with van der Waals surface area (Å²) in [6.07, 6.45) is 14.4. The average Bonchev–Trinajstić information content (AvgIpc) is 3.04. The Morgan fingerprint density at radius 2 is 1.86 bits per heavy atom. The van der Waals surface area contributed by atoms with Crippen LogP contribution in [0.3, 0.4) is 0 Å². The van der Waals surface area contributed by atoms with Crippen molar-refractivity contribution >= 4 is 11.8 Å². The zero-order valence-corrected chi connectivity index (χ0v) is 18.9. The van der Waals surface area contributed by atoms with Crippen LogP contribution in [0, 0.1) is 46.3 Å². The normalized spacial score (nSPS) is 45.4. The molecule has 4 saturated carbocycles. The number of ether oxygens (including phenoxy) is 1. The summed E-state index contributed by atoms with van der Waals surface area (Å²) >= 11 is 0. The molecule has 4 aliphatic carbocycles. The van der Waals surface area contributed by atoms with Gasteiger partial charge < -0.3 is 4.74 Å². The second kappa shape index (κ2) is 7.85. The van der Waals surface area contributed by atoms with Gasteiger partial charge in [0.2, 0.25) is 0 Å². The first-order chi connectivity index (χ1) is 13.8. The van der Waals surface area contributed by atoms with E-state index in [1.807, 2.05) is 6.92 Å². The maximum absolute atomic E-state index is 12.1. The Kier molecular flexibility index (Phi) is 5.72. The Labute approximate surface area is 177 Å². The average molecular weight is 401 g/mol. The molecule has 8 atom stereocenters. The number of allylic oxidation sites excluding steroid dienone is 1. The molecule has 0 bridgehead atoms. The molecule has 1 unspecified atom stereocenters. The van der Waals surface area contributed by atoms with Gasteiger partial charge in [-0.2, -0.15) is 0 Å². The largest absolute Gasteiger partial charge is 0.463 e. The molecule has 0 radical (unpaired) electrons. The lowest BCUT2D eigenvalue weighted by Gasteiger charge is -2.60. The number of esters is 1. The Balaban J connectivity index is 1.50. The number of carbonyl (C=O) groups is 2. The molecule has 0 aromatic heterocycles. The summed E-state index contributed by atoms with van der Waals surface area (Å²) in [5.41, 5.74) is 0.791. The molecule has 162 valence electrons. The minimum absolute atomic E-state index is 0.208. The van der Waals surface area contributed by atoms with E-state index in [4.69, 9.17) is 4.74 Å². The van der Waals surface area contributed by atoms with Crippen molar-refractivity contribution in [2.45, 2.75) is 85.5 Å². The van der Waals surface area contributed by atoms with Crippen LogP contribution in [-0.4, -0.2) is 18.4 Å². The summed E-state index contributed by atoms with van der Waals surface area (Å²) in [4.78, 5) is 23.9. The van der Waals surface area contributed by atoms with Gasteiger partial charge in [-0.1, -0.05) is 26.8 Å². The molecule has 0 aromatic rings. The highest BCUT2D eigenvalue weighted by Crippen LogP contribution is 2.68. The lowest BCUT2D eigenvalue weighted by Crippen LogP contribution is -2.53. The van der Waals surface area contributed by atoms with Crippen LogP contribution in [0.1, 0.15) is 85.5 Å². The standard InChI is InChI=1S/C26H40O3/c1-5-29-24(28)11-6-17(2)21-9-10-22-20-8-7-18-16-19(27)12-14-25(18,3)23(20)13-15-26(21,22)4/h6,11,17-18,20-23H,5,7-10,12-16H2,1-4H3/t17-,18?,20+,21-,22+,23+,25+,26-/m1/s1. The maximum Gasteiger partial charge on any atom is 0.330 e. The van der Waals surface area contributed by atoms with E-state index < -0.39 is 0 Å². The minimum atomic E-state index is -0.208. The molecule has 0 aliphatic heterocycles. The van der Waals surface area contributed by atoms with Gasteiger partial charge in [-0.15, -0.1) is 0 Å². The zero-order chi connectivity index (χ0) is 20.8. The number of rotatable bonds is 4. The van der Waals surface area contributed by atoms with Crippen LogP contribution in [0.25, 0.3) is 0 Å². The Morgan fingerprint density at radius 1 is 1.10 bits per heavy atom. The number of carbonyl (C=O) groups excluding carboxylic acids is 2. The van der Waals surface area contributed by atoms with E-state index in [0.29, 0.717) is 41.0 Å². The molecular formula is C26H40O3. The molecule has 0 heterocycles. The second-order valence-corrected chi connectivity index (χ2v) is 11.1. The van der Waals surface area contributed by atoms with Crippen molar-refractivity contribution < 1.29 is 14.3 Å². The third kappa shape index (κ3) is 3.51. The van der Waals surface area contributed by atoms with E-state index in [1.165, 1.54) is 38.5 Å². The fourth-order valence-corrected chi connectivity index (χ4v) is 8.50. The van der Waals surface area contributed by atoms with E-state index in [-0.39, 0.29) is 5.97 Å². The van der Waals surface area contributed by atoms with Gasteiger partial charge in [-0.3, -0.25) is 4.79 Å². The van der Waals surface area contributed by atoms with Crippen LogP contribution in [0.15, 0.2) is 12.2 Å². The highest BCUT2D eigenvalue weighted by atomic mass is 16.5. The molecule has 29 heavy (non-hydrogen) atoms. The van der Waals surface area contributed by atoms with Crippen LogP contribution in [-0.2, 0) is 14.3 Å². The summed E-state index contributed by atoms with van der Waals surface area (Å²) < 4.78 is 5.08. The van der Waals surface area contributed by atoms with Crippen LogP contribution >= 0.6 is 0 Å². The number of hydrogen-bond acceptors (Lipinski definition) is 3. The molecule has 4 fully saturated rings. The van der Waals surface area contributed by atoms with Crippen molar-refractivity contribution in [1.29, 1.82) is 0 Å². The molecule has 0 spiro atoms. The monoisotopic (exact) mass is 400 g/mol. The molecule has 4 aliphatic rings. The minimum Gasteiger partial charge on any atom is -0.463 e. The smallest absolute Gasteiger partial charge is 0.330 e. The second-order valence-electron chi connectivity index (χ2n) is 11.1. The lowest BCUT2D eigenvalue weighted by molar-refractivity contribution is -0.140. The van der Waals surface area contributed by atoms with Crippen molar-refractivity contribution in [3.8, 4) is 0 Å². The summed E-state index contributed by atoms with van der Waals surface area (Å²) in [6, 6.07) is 0. The predicted octanol–water partition coefficient (Wildman–Crippen LogP) is 5.97. The fraction of sp³-hybridized carbons (Fsp3) is 0.846. The van der Waals surface area contributed by atoms with Crippen molar-refractivity contribution in [1.82, 2.24) is 0 Å². The van der Waals surface area contributed by atoms with Crippen LogP contribution < -0.4 is 0 Å². The molecule has 0 aromatic carbocycles. The van der Waals surface area contributed by atoms with Crippen molar-refractivity contribution in [2.75, 3.05) is 6.61 Å².